The molecule has 3 aromatic heterocycles. The van der Waals surface area contributed by atoms with Crippen LogP contribution in [0.4, 0.5) is 5.69 Å². The number of carbonyl (C=O) groups is 1. The molecule has 5 rings (SSSR count). The maximum atomic E-state index is 12.9. The molecule has 0 saturated carbocycles. The fourth-order valence-corrected chi connectivity index (χ4v) is 5.44. The first-order chi connectivity index (χ1) is 18.4. The summed E-state index contributed by atoms with van der Waals surface area (Å²) in [5.74, 6) is -0.0418. The average Bonchev–Trinajstić information content (AvgIpc) is 3.40. The summed E-state index contributed by atoms with van der Waals surface area (Å²) < 4.78 is 2.32. The zero-order chi connectivity index (χ0) is 26.6. The predicted octanol–water partition coefficient (Wildman–Crippen LogP) is 5.25. The molecule has 0 spiro atoms. The largest absolute Gasteiger partial charge is 0.352 e. The third-order valence-electron chi connectivity index (χ3n) is 7.13. The molecule has 0 unspecified atom stereocenters. The van der Waals surface area contributed by atoms with Gasteiger partial charge in [-0.15, -0.1) is 0 Å². The van der Waals surface area contributed by atoms with Crippen LogP contribution in [0.2, 0.25) is 0 Å². The van der Waals surface area contributed by atoms with Gasteiger partial charge in [0.15, 0.2) is 5.11 Å². The van der Waals surface area contributed by atoms with Crippen LogP contribution in [0.5, 0.6) is 0 Å². The van der Waals surface area contributed by atoms with Gasteiger partial charge in [-0.05, 0) is 86.6 Å². The number of anilines is 1. The molecule has 1 amide bonds. The number of nitrogens with zero attached hydrogens (tertiary/aromatic N) is 4. The number of carbonyl (C=O) groups excluding carboxylic acids is 1. The van der Waals surface area contributed by atoms with E-state index in [0.29, 0.717) is 18.1 Å². The van der Waals surface area contributed by atoms with Crippen molar-refractivity contribution in [2.45, 2.75) is 45.8 Å². The molecule has 1 saturated heterocycles. The second-order valence-corrected chi connectivity index (χ2v) is 10.1. The van der Waals surface area contributed by atoms with Crippen molar-refractivity contribution in [1.82, 2.24) is 24.8 Å². The molecule has 1 fully saturated rings. The van der Waals surface area contributed by atoms with Gasteiger partial charge in [0.25, 0.3) is 0 Å². The van der Waals surface area contributed by atoms with E-state index in [1.807, 2.05) is 80.1 Å². The third-order valence-corrected chi connectivity index (χ3v) is 7.49. The van der Waals surface area contributed by atoms with Crippen LogP contribution in [0, 0.1) is 20.8 Å². The van der Waals surface area contributed by atoms with Crippen molar-refractivity contribution < 1.29 is 4.79 Å². The Balaban J connectivity index is 1.42. The Bertz CT molecular complexity index is 1420. The quantitative estimate of drug-likeness (QED) is 0.307. The molecular formula is C30H32N6OS. The van der Waals surface area contributed by atoms with Crippen molar-refractivity contribution in [3.05, 3.63) is 113 Å². The number of nitrogens with one attached hydrogen (secondary N) is 2. The summed E-state index contributed by atoms with van der Waals surface area (Å²) in [5.41, 5.74) is 7.59. The highest BCUT2D eigenvalue weighted by Gasteiger charge is 2.41. The normalized spacial score (nSPS) is 16.9. The van der Waals surface area contributed by atoms with Crippen LogP contribution in [0.15, 0.2) is 79.3 Å². The number of thiocarbonyl (C=S) groups is 1. The number of amides is 1. The Kier molecular flexibility index (Phi) is 7.51. The zero-order valence-electron chi connectivity index (χ0n) is 21.9. The van der Waals surface area contributed by atoms with Gasteiger partial charge in [0.2, 0.25) is 5.91 Å². The van der Waals surface area contributed by atoms with Gasteiger partial charge in [-0.3, -0.25) is 14.8 Å². The molecule has 0 bridgehead atoms. The fourth-order valence-electron chi connectivity index (χ4n) is 5.11. The van der Waals surface area contributed by atoms with E-state index in [9.17, 15) is 4.79 Å². The van der Waals surface area contributed by atoms with Gasteiger partial charge in [-0.1, -0.05) is 23.8 Å². The number of benzene rings is 1. The SMILES string of the molecule is Cc1ccc(NC(=O)CCN2C(=S)N[C@@H](c3ccccn3)[C@@H]2c2cc(C)n(Cc3ccncc3)c2C)cc1. The predicted molar refractivity (Wildman–Crippen MR) is 154 cm³/mol. The van der Waals surface area contributed by atoms with Gasteiger partial charge in [0.05, 0.1) is 17.8 Å². The van der Waals surface area contributed by atoms with Crippen LogP contribution in [0.3, 0.4) is 0 Å². The molecule has 4 heterocycles. The van der Waals surface area contributed by atoms with Crippen LogP contribution in [0.25, 0.3) is 0 Å². The first-order valence-corrected chi connectivity index (χ1v) is 13.2. The average molecular weight is 525 g/mol. The number of hydrogen-bond donors (Lipinski definition) is 2. The summed E-state index contributed by atoms with van der Waals surface area (Å²) in [6.07, 6.45) is 5.77. The minimum Gasteiger partial charge on any atom is -0.352 e. The van der Waals surface area contributed by atoms with Crippen molar-refractivity contribution in [2.75, 3.05) is 11.9 Å². The summed E-state index contributed by atoms with van der Waals surface area (Å²) in [6.45, 7) is 7.57. The molecule has 38 heavy (non-hydrogen) atoms. The highest BCUT2D eigenvalue weighted by molar-refractivity contribution is 7.80. The monoisotopic (exact) mass is 524 g/mol. The number of pyridine rings is 2. The summed E-state index contributed by atoms with van der Waals surface area (Å²) in [4.78, 5) is 23.8. The van der Waals surface area contributed by atoms with E-state index in [1.54, 1.807) is 0 Å². The minimum absolute atomic E-state index is 0.0418. The Labute approximate surface area is 228 Å². The second kappa shape index (κ2) is 11.1. The van der Waals surface area contributed by atoms with E-state index >= 15 is 0 Å². The highest BCUT2D eigenvalue weighted by atomic mass is 32.1. The first kappa shape index (κ1) is 25.6. The molecule has 0 radical (unpaired) electrons. The van der Waals surface area contributed by atoms with Gasteiger partial charge < -0.3 is 20.1 Å². The Morgan fingerprint density at radius 3 is 2.50 bits per heavy atom. The van der Waals surface area contributed by atoms with Gasteiger partial charge in [-0.25, -0.2) is 0 Å². The smallest absolute Gasteiger partial charge is 0.226 e. The van der Waals surface area contributed by atoms with Crippen LogP contribution in [-0.2, 0) is 11.3 Å². The summed E-state index contributed by atoms with van der Waals surface area (Å²) in [7, 11) is 0. The number of aromatic nitrogens is 3. The minimum atomic E-state index is -0.126. The van der Waals surface area contributed by atoms with E-state index in [-0.39, 0.29) is 18.0 Å². The van der Waals surface area contributed by atoms with E-state index < -0.39 is 0 Å². The van der Waals surface area contributed by atoms with Gasteiger partial charge in [-0.2, -0.15) is 0 Å². The summed E-state index contributed by atoms with van der Waals surface area (Å²) in [6, 6.07) is 19.9. The molecule has 1 aromatic carbocycles. The molecule has 1 aliphatic rings. The standard InChI is InChI=1S/C30H32N6OS/c1-20-7-9-24(10-8-20)33-27(37)13-17-35-29(28(34-30(35)38)26-6-4-5-14-32-26)25-18-21(2)36(22(25)3)19-23-11-15-31-16-12-23/h4-12,14-16,18,28-29H,13,17,19H2,1-3H3,(H,33,37)(H,34,38)/t28-,29-/m0/s1. The van der Waals surface area contributed by atoms with Crippen molar-refractivity contribution >= 4 is 28.9 Å². The molecule has 2 N–H and O–H groups in total. The van der Waals surface area contributed by atoms with E-state index in [1.165, 1.54) is 22.5 Å². The van der Waals surface area contributed by atoms with Gasteiger partial charge >= 0.3 is 0 Å². The molecule has 8 heteroatoms. The molecule has 194 valence electrons. The van der Waals surface area contributed by atoms with E-state index in [2.05, 4.69) is 50.0 Å². The van der Waals surface area contributed by atoms with Crippen LogP contribution >= 0.6 is 12.2 Å². The molecule has 2 atom stereocenters. The topological polar surface area (TPSA) is 75.1 Å². The zero-order valence-corrected chi connectivity index (χ0v) is 22.7. The highest BCUT2D eigenvalue weighted by Crippen LogP contribution is 2.41. The Morgan fingerprint density at radius 2 is 1.79 bits per heavy atom. The molecule has 4 aromatic rings. The Morgan fingerprint density at radius 1 is 1.03 bits per heavy atom. The number of rotatable bonds is 8. The molecule has 7 nitrogen and oxygen atoms in total. The van der Waals surface area contributed by atoms with Crippen molar-refractivity contribution in [2.24, 2.45) is 0 Å². The lowest BCUT2D eigenvalue weighted by molar-refractivity contribution is -0.116. The van der Waals surface area contributed by atoms with Crippen LogP contribution in [0.1, 0.15) is 52.3 Å². The number of hydrogen-bond acceptors (Lipinski definition) is 4. The lowest BCUT2D eigenvalue weighted by Gasteiger charge is -2.28. The lowest BCUT2D eigenvalue weighted by atomic mass is 9.96. The van der Waals surface area contributed by atoms with E-state index in [4.69, 9.17) is 12.2 Å². The maximum Gasteiger partial charge on any atom is 0.226 e. The maximum absolute atomic E-state index is 12.9. The summed E-state index contributed by atoms with van der Waals surface area (Å²) >= 11 is 5.82. The van der Waals surface area contributed by atoms with Crippen molar-refractivity contribution in [3.8, 4) is 0 Å². The third kappa shape index (κ3) is 5.45. The molecular weight excluding hydrogens is 492 g/mol. The summed E-state index contributed by atoms with van der Waals surface area (Å²) in [5, 5.41) is 7.14. The lowest BCUT2D eigenvalue weighted by Crippen LogP contribution is -2.33. The van der Waals surface area contributed by atoms with Crippen LogP contribution < -0.4 is 10.6 Å². The molecule has 1 aliphatic heterocycles. The van der Waals surface area contributed by atoms with Gasteiger partial charge in [0.1, 0.15) is 0 Å². The number of aryl methyl sites for hydroxylation is 2. The van der Waals surface area contributed by atoms with E-state index in [0.717, 1.165) is 23.5 Å². The van der Waals surface area contributed by atoms with Gasteiger partial charge in [0, 0.05) is 55.2 Å². The van der Waals surface area contributed by atoms with Crippen molar-refractivity contribution in [1.29, 1.82) is 0 Å². The fraction of sp³-hybridized carbons (Fsp3) is 0.267. The van der Waals surface area contributed by atoms with Crippen molar-refractivity contribution in [3.63, 3.8) is 0 Å². The second-order valence-electron chi connectivity index (χ2n) is 9.75. The molecule has 0 aliphatic carbocycles. The first-order valence-electron chi connectivity index (χ1n) is 12.8. The van der Waals surface area contributed by atoms with Crippen LogP contribution in [-0.4, -0.2) is 37.0 Å². The Hall–Kier alpha value is -4.04.